The van der Waals surface area contributed by atoms with Crippen LogP contribution in [0.3, 0.4) is 0 Å². The molecule has 3 aromatic rings. The molecule has 0 aliphatic rings. The Hall–Kier alpha value is -2.36. The zero-order chi connectivity index (χ0) is 16.3. The van der Waals surface area contributed by atoms with E-state index in [1.807, 2.05) is 30.3 Å². The molecule has 3 N–H and O–H groups in total. The number of nitrogens with one attached hydrogen (secondary N) is 1. The first-order chi connectivity index (χ1) is 11.0. The molecule has 0 saturated carbocycles. The smallest absolute Gasteiger partial charge is 0.241 e. The van der Waals surface area contributed by atoms with E-state index in [0.717, 1.165) is 15.6 Å². The Labute approximate surface area is 137 Å². The van der Waals surface area contributed by atoms with Gasteiger partial charge >= 0.3 is 0 Å². The lowest BCUT2D eigenvalue weighted by Gasteiger charge is -2.07. The molecule has 0 bridgehead atoms. The molecule has 0 aliphatic carbocycles. The first kappa shape index (κ1) is 15.5. The summed E-state index contributed by atoms with van der Waals surface area (Å²) in [5.41, 5.74) is 0.985. The van der Waals surface area contributed by atoms with Gasteiger partial charge in [0.15, 0.2) is 0 Å². The minimum absolute atomic E-state index is 0.0483. The molecule has 2 aromatic heterocycles. The Kier molecular flexibility index (Phi) is 4.33. The molecule has 23 heavy (non-hydrogen) atoms. The molecule has 0 unspecified atom stereocenters. The van der Waals surface area contributed by atoms with Crippen molar-refractivity contribution in [2.45, 2.75) is 11.4 Å². The molecular weight excluding hydrogens is 334 g/mol. The van der Waals surface area contributed by atoms with Gasteiger partial charge in [-0.1, -0.05) is 41.7 Å². The van der Waals surface area contributed by atoms with Crippen LogP contribution in [0.5, 0.6) is 0 Å². The van der Waals surface area contributed by atoms with Gasteiger partial charge in [-0.2, -0.15) is 0 Å². The van der Waals surface area contributed by atoms with Gasteiger partial charge in [-0.15, -0.1) is 10.2 Å². The maximum absolute atomic E-state index is 11.5. The summed E-state index contributed by atoms with van der Waals surface area (Å²) in [5.74, 6) is 0.200. The fraction of sp³-hybridized carbons (Fsp3) is 0.0714. The average molecular weight is 347 g/mol. The summed E-state index contributed by atoms with van der Waals surface area (Å²) >= 11 is 1.43. The number of hydrogen-bond donors (Lipinski definition) is 2. The minimum atomic E-state index is -3.83. The summed E-state index contributed by atoms with van der Waals surface area (Å²) in [6.45, 7) is 0.310. The molecule has 0 fully saturated rings. The molecule has 0 radical (unpaired) electrons. The Morgan fingerprint density at radius 2 is 1.87 bits per heavy atom. The van der Waals surface area contributed by atoms with Crippen LogP contribution in [0.1, 0.15) is 5.01 Å². The maximum atomic E-state index is 11.5. The van der Waals surface area contributed by atoms with Gasteiger partial charge in [-0.05, 0) is 12.1 Å². The van der Waals surface area contributed by atoms with Crippen LogP contribution in [0, 0.1) is 0 Å². The fourth-order valence-corrected chi connectivity index (χ4v) is 3.38. The number of primary sulfonamides is 1. The highest BCUT2D eigenvalue weighted by atomic mass is 32.2. The summed E-state index contributed by atoms with van der Waals surface area (Å²) in [6.07, 6.45) is 1.49. The van der Waals surface area contributed by atoms with Gasteiger partial charge in [0.2, 0.25) is 10.0 Å². The molecule has 3 rings (SSSR count). The van der Waals surface area contributed by atoms with Gasteiger partial charge in [-0.25, -0.2) is 18.5 Å². The highest BCUT2D eigenvalue weighted by molar-refractivity contribution is 7.89. The lowest BCUT2D eigenvalue weighted by molar-refractivity contribution is 0.597. The van der Waals surface area contributed by atoms with Crippen LogP contribution in [-0.2, 0) is 16.6 Å². The third-order valence-electron chi connectivity index (χ3n) is 2.97. The molecule has 0 saturated heterocycles. The van der Waals surface area contributed by atoms with Crippen molar-refractivity contribution in [2.24, 2.45) is 5.14 Å². The number of anilines is 1. The molecule has 1 aromatic carbocycles. The Morgan fingerprint density at radius 3 is 2.61 bits per heavy atom. The van der Waals surface area contributed by atoms with Crippen LogP contribution in [0.4, 0.5) is 5.82 Å². The number of hydrogen-bond acceptors (Lipinski definition) is 7. The van der Waals surface area contributed by atoms with Crippen LogP contribution in [-0.4, -0.2) is 23.6 Å². The highest BCUT2D eigenvalue weighted by Gasteiger charge is 2.15. The first-order valence-corrected chi connectivity index (χ1v) is 9.00. The SMILES string of the molecule is NS(=O)(=O)c1cccnc1NCc1nnc(-c2ccccc2)s1. The number of benzene rings is 1. The van der Waals surface area contributed by atoms with E-state index in [9.17, 15) is 8.42 Å². The van der Waals surface area contributed by atoms with Gasteiger partial charge in [0, 0.05) is 11.8 Å². The van der Waals surface area contributed by atoms with Crippen molar-refractivity contribution in [1.29, 1.82) is 0 Å². The standard InChI is InChI=1S/C14H13N5O2S2/c15-23(20,21)11-7-4-8-16-13(11)17-9-12-18-19-14(22-12)10-5-2-1-3-6-10/h1-8H,9H2,(H,16,17)(H2,15,20,21). The average Bonchev–Trinajstić information content (AvgIpc) is 3.02. The zero-order valence-corrected chi connectivity index (χ0v) is 13.5. The predicted octanol–water partition coefficient (Wildman–Crippen LogP) is 1.86. The number of rotatable bonds is 5. The van der Waals surface area contributed by atoms with E-state index in [4.69, 9.17) is 5.14 Å². The van der Waals surface area contributed by atoms with E-state index >= 15 is 0 Å². The van der Waals surface area contributed by atoms with Gasteiger partial charge in [-0.3, -0.25) is 0 Å². The van der Waals surface area contributed by atoms with Crippen molar-refractivity contribution in [3.8, 4) is 10.6 Å². The molecule has 7 nitrogen and oxygen atoms in total. The molecule has 118 valence electrons. The van der Waals surface area contributed by atoms with Gasteiger partial charge in [0.1, 0.15) is 20.7 Å². The third-order valence-corrected chi connectivity index (χ3v) is 4.89. The second kappa shape index (κ2) is 6.41. The van der Waals surface area contributed by atoms with Crippen molar-refractivity contribution >= 4 is 27.2 Å². The topological polar surface area (TPSA) is 111 Å². The van der Waals surface area contributed by atoms with E-state index < -0.39 is 10.0 Å². The van der Waals surface area contributed by atoms with Gasteiger partial charge < -0.3 is 5.32 Å². The molecule has 2 heterocycles. The van der Waals surface area contributed by atoms with Crippen molar-refractivity contribution in [2.75, 3.05) is 5.32 Å². The second-order valence-electron chi connectivity index (χ2n) is 4.62. The summed E-state index contributed by atoms with van der Waals surface area (Å²) < 4.78 is 23.1. The van der Waals surface area contributed by atoms with E-state index in [-0.39, 0.29) is 10.7 Å². The van der Waals surface area contributed by atoms with Crippen LogP contribution < -0.4 is 10.5 Å². The quantitative estimate of drug-likeness (QED) is 0.729. The number of aromatic nitrogens is 3. The summed E-state index contributed by atoms with van der Waals surface area (Å²) in [7, 11) is -3.83. The highest BCUT2D eigenvalue weighted by Crippen LogP contribution is 2.24. The van der Waals surface area contributed by atoms with Crippen molar-refractivity contribution < 1.29 is 8.42 Å². The van der Waals surface area contributed by atoms with Crippen molar-refractivity contribution in [3.63, 3.8) is 0 Å². The molecule has 0 atom stereocenters. The largest absolute Gasteiger partial charge is 0.362 e. The fourth-order valence-electron chi connectivity index (χ4n) is 1.93. The first-order valence-electron chi connectivity index (χ1n) is 6.63. The van der Waals surface area contributed by atoms with E-state index in [1.54, 1.807) is 0 Å². The molecular formula is C14H13N5O2S2. The molecule has 0 amide bonds. The minimum Gasteiger partial charge on any atom is -0.362 e. The van der Waals surface area contributed by atoms with Crippen molar-refractivity contribution in [3.05, 3.63) is 53.7 Å². The van der Waals surface area contributed by atoms with Crippen LogP contribution >= 0.6 is 11.3 Å². The zero-order valence-electron chi connectivity index (χ0n) is 11.9. The molecule has 0 spiro atoms. The van der Waals surface area contributed by atoms with E-state index in [0.29, 0.717) is 6.54 Å². The number of pyridine rings is 1. The van der Waals surface area contributed by atoms with Crippen molar-refractivity contribution in [1.82, 2.24) is 15.2 Å². The van der Waals surface area contributed by atoms with E-state index in [2.05, 4.69) is 20.5 Å². The van der Waals surface area contributed by atoms with Crippen LogP contribution in [0.2, 0.25) is 0 Å². The number of sulfonamides is 1. The molecule has 0 aliphatic heterocycles. The molecule has 9 heteroatoms. The summed E-state index contributed by atoms with van der Waals surface area (Å²) in [6, 6.07) is 12.6. The third kappa shape index (κ3) is 3.70. The number of nitrogens with zero attached hydrogens (tertiary/aromatic N) is 3. The maximum Gasteiger partial charge on any atom is 0.241 e. The van der Waals surface area contributed by atoms with Crippen LogP contribution in [0.15, 0.2) is 53.6 Å². The predicted molar refractivity (Wildman–Crippen MR) is 88.3 cm³/mol. The van der Waals surface area contributed by atoms with E-state index in [1.165, 1.54) is 29.7 Å². The summed E-state index contributed by atoms with van der Waals surface area (Å²) in [5, 5.41) is 17.9. The number of nitrogens with two attached hydrogens (primary N) is 1. The summed E-state index contributed by atoms with van der Waals surface area (Å²) in [4.78, 5) is 3.96. The van der Waals surface area contributed by atoms with Crippen LogP contribution in [0.25, 0.3) is 10.6 Å². The van der Waals surface area contributed by atoms with Gasteiger partial charge in [0.05, 0.1) is 6.54 Å². The normalized spacial score (nSPS) is 11.3. The lowest BCUT2D eigenvalue weighted by atomic mass is 10.2. The van der Waals surface area contributed by atoms with Gasteiger partial charge in [0.25, 0.3) is 0 Å². The Bertz CT molecular complexity index is 910. The Morgan fingerprint density at radius 1 is 1.09 bits per heavy atom. The monoisotopic (exact) mass is 347 g/mol. The lowest BCUT2D eigenvalue weighted by Crippen LogP contribution is -2.15. The second-order valence-corrected chi connectivity index (χ2v) is 7.21. The Balaban J connectivity index is 1.77.